The average Bonchev–Trinajstić information content (AvgIpc) is 2.97. The number of likely N-dealkylation sites (tertiary alicyclic amines) is 1. The van der Waals surface area contributed by atoms with Crippen molar-refractivity contribution in [3.63, 3.8) is 0 Å². The maximum atomic E-state index is 13.5. The second kappa shape index (κ2) is 13.5. The lowest BCUT2D eigenvalue weighted by Gasteiger charge is -2.42. The van der Waals surface area contributed by atoms with Crippen molar-refractivity contribution < 1.29 is 23.9 Å². The average molecular weight is 584 g/mol. The first kappa shape index (κ1) is 29.2. The number of anilines is 2. The summed E-state index contributed by atoms with van der Waals surface area (Å²) in [4.78, 5) is 42.7. The second-order valence-electron chi connectivity index (χ2n) is 10.9. The van der Waals surface area contributed by atoms with Crippen molar-refractivity contribution in [1.82, 2.24) is 15.1 Å². The molecule has 11 heteroatoms. The van der Waals surface area contributed by atoms with Crippen molar-refractivity contribution in [2.45, 2.75) is 56.8 Å². The molecular weight excluding hydrogens is 546 g/mol. The van der Waals surface area contributed by atoms with Gasteiger partial charge in [0.25, 0.3) is 5.91 Å². The van der Waals surface area contributed by atoms with Crippen molar-refractivity contribution in [3.8, 4) is 5.75 Å². The van der Waals surface area contributed by atoms with E-state index in [4.69, 9.17) is 21.1 Å². The van der Waals surface area contributed by atoms with E-state index in [-0.39, 0.29) is 36.7 Å². The van der Waals surface area contributed by atoms with E-state index in [1.165, 1.54) is 19.3 Å². The lowest BCUT2D eigenvalue weighted by Crippen LogP contribution is -2.54. The zero-order valence-corrected chi connectivity index (χ0v) is 24.1. The smallest absolute Gasteiger partial charge is 0.323 e. The number of ether oxygens (including phenoxy) is 2. The lowest BCUT2D eigenvalue weighted by molar-refractivity contribution is -0.134. The van der Waals surface area contributed by atoms with E-state index in [0.29, 0.717) is 53.5 Å². The van der Waals surface area contributed by atoms with Crippen LogP contribution in [0.15, 0.2) is 42.5 Å². The van der Waals surface area contributed by atoms with Crippen LogP contribution in [0.5, 0.6) is 5.75 Å². The van der Waals surface area contributed by atoms with E-state index in [1.54, 1.807) is 54.4 Å². The molecule has 2 saturated heterocycles. The van der Waals surface area contributed by atoms with Gasteiger partial charge in [0.15, 0.2) is 0 Å². The van der Waals surface area contributed by atoms with Crippen molar-refractivity contribution in [2.75, 3.05) is 50.5 Å². The fourth-order valence-corrected chi connectivity index (χ4v) is 5.87. The molecule has 0 spiro atoms. The molecule has 3 heterocycles. The summed E-state index contributed by atoms with van der Waals surface area (Å²) in [5.74, 6) is 0.200. The highest BCUT2D eigenvalue weighted by Crippen LogP contribution is 2.32. The van der Waals surface area contributed by atoms with Crippen LogP contribution in [-0.2, 0) is 9.53 Å². The predicted molar refractivity (Wildman–Crippen MR) is 158 cm³/mol. The Kier molecular flexibility index (Phi) is 9.64. The van der Waals surface area contributed by atoms with Crippen LogP contribution in [0, 0.1) is 0 Å². The number of hydrogen-bond acceptors (Lipinski definition) is 6. The number of carbonyl (C=O) groups excluding carboxylic acids is 3. The minimum atomic E-state index is -0.442. The standard InChI is InChI=1S/C30H38ClN5O5/c1-35-25-11-10-23(18-28(37)32-13-16-36-14-3-2-4-15-36)41-27(25)19-40-26-12-9-22(17-24(26)29(35)38)34-30(39)33-21-7-5-20(31)6-8-21/h5-9,12,17,23,25,27H,2-4,10-11,13-16,18-19H2,1H3,(H,32,37)(H2,33,34,39)/t23-,25+,27+/m0/s1. The molecule has 0 bridgehead atoms. The van der Waals surface area contributed by atoms with Crippen LogP contribution < -0.4 is 20.7 Å². The molecule has 0 saturated carbocycles. The van der Waals surface area contributed by atoms with Crippen LogP contribution in [0.1, 0.15) is 48.9 Å². The summed E-state index contributed by atoms with van der Waals surface area (Å²) in [6.45, 7) is 4.00. The summed E-state index contributed by atoms with van der Waals surface area (Å²) in [6, 6.07) is 11.1. The third-order valence-corrected chi connectivity index (χ3v) is 8.24. The number of nitrogens with zero attached hydrogens (tertiary/aromatic N) is 2. The predicted octanol–water partition coefficient (Wildman–Crippen LogP) is 4.36. The molecule has 3 N–H and O–H groups in total. The van der Waals surface area contributed by atoms with E-state index < -0.39 is 6.03 Å². The monoisotopic (exact) mass is 583 g/mol. The molecule has 3 aliphatic heterocycles. The highest BCUT2D eigenvalue weighted by Gasteiger charge is 2.39. The van der Waals surface area contributed by atoms with Crippen LogP contribution in [0.4, 0.5) is 16.2 Å². The Labute approximate surface area is 245 Å². The number of rotatable bonds is 7. The Morgan fingerprint density at radius 1 is 1.00 bits per heavy atom. The summed E-state index contributed by atoms with van der Waals surface area (Å²) in [7, 11) is 1.76. The number of urea groups is 1. The third kappa shape index (κ3) is 7.69. The van der Waals surface area contributed by atoms with Gasteiger partial charge in [-0.3, -0.25) is 9.59 Å². The Hall–Kier alpha value is -3.34. The summed E-state index contributed by atoms with van der Waals surface area (Å²) in [6.07, 6.45) is 4.87. The largest absolute Gasteiger partial charge is 0.490 e. The van der Waals surface area contributed by atoms with Gasteiger partial charge in [-0.2, -0.15) is 0 Å². The molecule has 5 rings (SSSR count). The third-order valence-electron chi connectivity index (χ3n) is 7.98. The maximum absolute atomic E-state index is 13.5. The Morgan fingerprint density at radius 3 is 2.51 bits per heavy atom. The first-order valence-electron chi connectivity index (χ1n) is 14.4. The van der Waals surface area contributed by atoms with Gasteiger partial charge in [0.1, 0.15) is 18.5 Å². The zero-order chi connectivity index (χ0) is 28.8. The van der Waals surface area contributed by atoms with E-state index in [9.17, 15) is 14.4 Å². The van der Waals surface area contributed by atoms with E-state index >= 15 is 0 Å². The number of amides is 4. The molecule has 2 fully saturated rings. The van der Waals surface area contributed by atoms with Crippen LogP contribution in [0.3, 0.4) is 0 Å². The zero-order valence-electron chi connectivity index (χ0n) is 23.4. The molecule has 2 aromatic rings. The van der Waals surface area contributed by atoms with Crippen molar-refractivity contribution >= 4 is 40.8 Å². The number of nitrogens with one attached hydrogen (secondary N) is 3. The summed E-state index contributed by atoms with van der Waals surface area (Å²) in [5.41, 5.74) is 1.42. The molecule has 0 aliphatic carbocycles. The molecule has 10 nitrogen and oxygen atoms in total. The lowest BCUT2D eigenvalue weighted by atomic mass is 9.94. The maximum Gasteiger partial charge on any atom is 0.323 e. The van der Waals surface area contributed by atoms with E-state index in [0.717, 1.165) is 19.6 Å². The number of carbonyl (C=O) groups is 3. The van der Waals surface area contributed by atoms with Crippen LogP contribution in [0.2, 0.25) is 5.02 Å². The van der Waals surface area contributed by atoms with Gasteiger partial charge in [-0.1, -0.05) is 18.0 Å². The summed E-state index contributed by atoms with van der Waals surface area (Å²) in [5, 5.41) is 9.12. The van der Waals surface area contributed by atoms with Crippen molar-refractivity contribution in [2.24, 2.45) is 0 Å². The topological polar surface area (TPSA) is 112 Å². The molecule has 4 amide bonds. The number of piperidine rings is 1. The normalized spacial score (nSPS) is 22.8. The second-order valence-corrected chi connectivity index (χ2v) is 11.4. The van der Waals surface area contributed by atoms with Gasteiger partial charge in [-0.25, -0.2) is 4.79 Å². The Morgan fingerprint density at radius 2 is 1.73 bits per heavy atom. The highest BCUT2D eigenvalue weighted by molar-refractivity contribution is 6.30. The van der Waals surface area contributed by atoms with E-state index in [2.05, 4.69) is 20.9 Å². The molecule has 41 heavy (non-hydrogen) atoms. The minimum absolute atomic E-state index is 0.00729. The highest BCUT2D eigenvalue weighted by atomic mass is 35.5. The van der Waals surface area contributed by atoms with E-state index in [1.807, 2.05) is 0 Å². The van der Waals surface area contributed by atoms with Crippen LogP contribution >= 0.6 is 11.6 Å². The Balaban J connectivity index is 1.15. The van der Waals surface area contributed by atoms with Crippen molar-refractivity contribution in [3.05, 3.63) is 53.1 Å². The number of hydrogen-bond donors (Lipinski definition) is 3. The van der Waals surface area contributed by atoms with Crippen molar-refractivity contribution in [1.29, 1.82) is 0 Å². The van der Waals surface area contributed by atoms with Gasteiger partial charge in [-0.15, -0.1) is 0 Å². The van der Waals surface area contributed by atoms with Gasteiger partial charge < -0.3 is 35.2 Å². The molecular formula is C30H38ClN5O5. The van der Waals surface area contributed by atoms with Crippen LogP contribution in [0.25, 0.3) is 0 Å². The molecule has 0 radical (unpaired) electrons. The number of benzene rings is 2. The first-order chi connectivity index (χ1) is 19.9. The van der Waals surface area contributed by atoms with Gasteiger partial charge >= 0.3 is 6.03 Å². The fourth-order valence-electron chi connectivity index (χ4n) is 5.75. The fraction of sp³-hybridized carbons (Fsp3) is 0.500. The number of halogens is 1. The van der Waals surface area contributed by atoms with Crippen LogP contribution in [-0.4, -0.2) is 85.7 Å². The minimum Gasteiger partial charge on any atom is -0.490 e. The summed E-state index contributed by atoms with van der Waals surface area (Å²) >= 11 is 5.90. The Bertz CT molecular complexity index is 1240. The number of fused-ring (bicyclic) bond motifs is 2. The SMILES string of the molecule is CN1C(=O)c2cc(NC(=O)Nc3ccc(Cl)cc3)ccc2OC[C@H]2O[C@H](CC(=O)NCCN3CCCCC3)CC[C@H]21. The molecule has 0 unspecified atom stereocenters. The summed E-state index contributed by atoms with van der Waals surface area (Å²) < 4.78 is 12.4. The van der Waals surface area contributed by atoms with Gasteiger partial charge in [0.2, 0.25) is 5.91 Å². The molecule has 3 aliphatic rings. The first-order valence-corrected chi connectivity index (χ1v) is 14.8. The van der Waals surface area contributed by atoms with Gasteiger partial charge in [0.05, 0.1) is 24.1 Å². The molecule has 0 aromatic heterocycles. The molecule has 2 aromatic carbocycles. The molecule has 3 atom stereocenters. The number of likely N-dealkylation sites (N-methyl/N-ethyl adjacent to an activating group) is 1. The molecule has 220 valence electrons. The van der Waals surface area contributed by atoms with Gasteiger partial charge in [-0.05, 0) is 81.2 Å². The van der Waals surface area contributed by atoms with Gasteiger partial charge in [0, 0.05) is 36.5 Å². The quantitative estimate of drug-likeness (QED) is 0.447.